The van der Waals surface area contributed by atoms with Crippen molar-refractivity contribution in [1.29, 1.82) is 0 Å². The van der Waals surface area contributed by atoms with Crippen LogP contribution >= 0.6 is 0 Å². The molecule has 0 bridgehead atoms. The fourth-order valence-electron chi connectivity index (χ4n) is 1.90. The van der Waals surface area contributed by atoms with Gasteiger partial charge in [-0.25, -0.2) is 4.79 Å². The van der Waals surface area contributed by atoms with Gasteiger partial charge < -0.3 is 20.7 Å². The molecule has 0 aliphatic rings. The van der Waals surface area contributed by atoms with Crippen LogP contribution in [0.25, 0.3) is 0 Å². The summed E-state index contributed by atoms with van der Waals surface area (Å²) >= 11 is 0. The summed E-state index contributed by atoms with van der Waals surface area (Å²) in [5, 5.41) is 2.82. The molecule has 0 heterocycles. The molecule has 21 heavy (non-hydrogen) atoms. The first-order valence-corrected chi connectivity index (χ1v) is 6.59. The second-order valence-electron chi connectivity index (χ2n) is 4.71. The third-order valence-electron chi connectivity index (χ3n) is 3.15. The molecule has 5 heteroatoms. The lowest BCUT2D eigenvalue weighted by Crippen LogP contribution is -2.31. The largest absolute Gasteiger partial charge is 0.497 e. The standard InChI is InChI=1S/C16H19N3O2/c1-19(11-12-5-3-4-6-15(12)17)16(20)18-13-7-9-14(21-2)10-8-13/h3-10H,11,17H2,1-2H3,(H,18,20). The molecule has 0 unspecified atom stereocenters. The van der Waals surface area contributed by atoms with Gasteiger partial charge in [0.1, 0.15) is 5.75 Å². The van der Waals surface area contributed by atoms with Crippen molar-refractivity contribution in [2.24, 2.45) is 0 Å². The molecule has 2 rings (SSSR count). The Kier molecular flexibility index (Phi) is 4.66. The van der Waals surface area contributed by atoms with Crippen LogP contribution in [0.1, 0.15) is 5.56 Å². The van der Waals surface area contributed by atoms with Gasteiger partial charge in [0.15, 0.2) is 0 Å². The Morgan fingerprint density at radius 3 is 2.48 bits per heavy atom. The molecule has 0 aliphatic heterocycles. The lowest BCUT2D eigenvalue weighted by atomic mass is 10.2. The summed E-state index contributed by atoms with van der Waals surface area (Å²) in [4.78, 5) is 13.7. The van der Waals surface area contributed by atoms with Gasteiger partial charge in [-0.15, -0.1) is 0 Å². The molecule has 2 aromatic rings. The Morgan fingerprint density at radius 2 is 1.86 bits per heavy atom. The minimum absolute atomic E-state index is 0.191. The van der Waals surface area contributed by atoms with Gasteiger partial charge in [-0.3, -0.25) is 0 Å². The van der Waals surface area contributed by atoms with Crippen molar-refractivity contribution in [2.75, 3.05) is 25.2 Å². The Balaban J connectivity index is 1.97. The number of amides is 2. The highest BCUT2D eigenvalue weighted by Gasteiger charge is 2.10. The van der Waals surface area contributed by atoms with Gasteiger partial charge in [-0.05, 0) is 35.9 Å². The number of nitrogens with zero attached hydrogens (tertiary/aromatic N) is 1. The second-order valence-corrected chi connectivity index (χ2v) is 4.71. The second kappa shape index (κ2) is 6.65. The lowest BCUT2D eigenvalue weighted by molar-refractivity contribution is 0.221. The highest BCUT2D eigenvalue weighted by molar-refractivity contribution is 5.89. The zero-order chi connectivity index (χ0) is 15.2. The van der Waals surface area contributed by atoms with E-state index in [4.69, 9.17) is 10.5 Å². The first kappa shape index (κ1) is 14.7. The average molecular weight is 285 g/mol. The molecule has 2 amide bonds. The number of urea groups is 1. The summed E-state index contributed by atoms with van der Waals surface area (Å²) in [5.74, 6) is 0.749. The smallest absolute Gasteiger partial charge is 0.321 e. The predicted octanol–water partition coefficient (Wildman–Crippen LogP) is 2.94. The third-order valence-corrected chi connectivity index (χ3v) is 3.15. The number of anilines is 2. The molecular weight excluding hydrogens is 266 g/mol. The number of rotatable bonds is 4. The highest BCUT2D eigenvalue weighted by Crippen LogP contribution is 2.16. The fourth-order valence-corrected chi connectivity index (χ4v) is 1.90. The number of ether oxygens (including phenoxy) is 1. The quantitative estimate of drug-likeness (QED) is 0.849. The number of para-hydroxylation sites is 1. The lowest BCUT2D eigenvalue weighted by Gasteiger charge is -2.19. The Labute approximate surface area is 124 Å². The topological polar surface area (TPSA) is 67.6 Å². The molecule has 0 aliphatic carbocycles. The molecule has 0 saturated carbocycles. The van der Waals surface area contributed by atoms with Crippen LogP contribution in [0.5, 0.6) is 5.75 Å². The van der Waals surface area contributed by atoms with Crippen LogP contribution in [-0.4, -0.2) is 25.1 Å². The first-order valence-electron chi connectivity index (χ1n) is 6.59. The summed E-state index contributed by atoms with van der Waals surface area (Å²) in [6.45, 7) is 0.453. The Hall–Kier alpha value is -2.69. The van der Waals surface area contributed by atoms with E-state index in [-0.39, 0.29) is 6.03 Å². The maximum Gasteiger partial charge on any atom is 0.321 e. The number of nitrogen functional groups attached to an aromatic ring is 1. The number of nitrogens with two attached hydrogens (primary N) is 1. The van der Waals surface area contributed by atoms with Crippen molar-refractivity contribution < 1.29 is 9.53 Å². The van der Waals surface area contributed by atoms with Gasteiger partial charge in [-0.2, -0.15) is 0 Å². The molecule has 0 fully saturated rings. The van der Waals surface area contributed by atoms with Crippen LogP contribution in [0, 0.1) is 0 Å². The van der Waals surface area contributed by atoms with Crippen LogP contribution in [0.15, 0.2) is 48.5 Å². The highest BCUT2D eigenvalue weighted by atomic mass is 16.5. The monoisotopic (exact) mass is 285 g/mol. The van der Waals surface area contributed by atoms with Gasteiger partial charge in [0.05, 0.1) is 7.11 Å². The van der Waals surface area contributed by atoms with Crippen LogP contribution < -0.4 is 15.8 Å². The number of hydrogen-bond donors (Lipinski definition) is 2. The zero-order valence-corrected chi connectivity index (χ0v) is 12.2. The maximum absolute atomic E-state index is 12.1. The molecule has 0 radical (unpaired) electrons. The SMILES string of the molecule is COc1ccc(NC(=O)N(C)Cc2ccccc2N)cc1. The van der Waals surface area contributed by atoms with Crippen molar-refractivity contribution in [2.45, 2.75) is 6.54 Å². The number of methoxy groups -OCH3 is 1. The molecule has 0 atom stereocenters. The van der Waals surface area contributed by atoms with Crippen molar-refractivity contribution in [3.8, 4) is 5.75 Å². The average Bonchev–Trinajstić information content (AvgIpc) is 2.50. The minimum atomic E-state index is -0.191. The molecule has 110 valence electrons. The summed E-state index contributed by atoms with van der Waals surface area (Å²) in [7, 11) is 3.33. The van der Waals surface area contributed by atoms with Gasteiger partial charge in [0.25, 0.3) is 0 Å². The maximum atomic E-state index is 12.1. The van der Waals surface area contributed by atoms with Gasteiger partial charge in [-0.1, -0.05) is 18.2 Å². The third kappa shape index (κ3) is 3.89. The Morgan fingerprint density at radius 1 is 1.19 bits per heavy atom. The van der Waals surface area contributed by atoms with Crippen molar-refractivity contribution in [3.63, 3.8) is 0 Å². The van der Waals surface area contributed by atoms with Crippen LogP contribution in [0.3, 0.4) is 0 Å². The molecule has 0 saturated heterocycles. The van der Waals surface area contributed by atoms with E-state index in [1.807, 2.05) is 24.3 Å². The van der Waals surface area contributed by atoms with Crippen molar-refractivity contribution >= 4 is 17.4 Å². The van der Waals surface area contributed by atoms with Gasteiger partial charge >= 0.3 is 6.03 Å². The van der Waals surface area contributed by atoms with Crippen LogP contribution in [0.2, 0.25) is 0 Å². The minimum Gasteiger partial charge on any atom is -0.497 e. The summed E-state index contributed by atoms with van der Waals surface area (Å²) in [5.41, 5.74) is 8.20. The van der Waals surface area contributed by atoms with Crippen LogP contribution in [-0.2, 0) is 6.54 Å². The number of carbonyl (C=O) groups is 1. The number of nitrogens with one attached hydrogen (secondary N) is 1. The summed E-state index contributed by atoms with van der Waals surface area (Å²) in [6.07, 6.45) is 0. The number of benzene rings is 2. The van der Waals surface area contributed by atoms with E-state index in [0.29, 0.717) is 17.9 Å². The summed E-state index contributed by atoms with van der Waals surface area (Å²) in [6, 6.07) is 14.5. The molecule has 3 N–H and O–H groups in total. The van der Waals surface area contributed by atoms with E-state index in [0.717, 1.165) is 11.3 Å². The van der Waals surface area contributed by atoms with E-state index < -0.39 is 0 Å². The Bertz CT molecular complexity index is 611. The molecule has 2 aromatic carbocycles. The van der Waals surface area contributed by atoms with Gasteiger partial charge in [0, 0.05) is 25.0 Å². The van der Waals surface area contributed by atoms with E-state index in [1.54, 1.807) is 43.3 Å². The van der Waals surface area contributed by atoms with Crippen molar-refractivity contribution in [1.82, 2.24) is 4.90 Å². The normalized spacial score (nSPS) is 10.0. The van der Waals surface area contributed by atoms with E-state index in [9.17, 15) is 4.79 Å². The van der Waals surface area contributed by atoms with E-state index in [1.165, 1.54) is 0 Å². The van der Waals surface area contributed by atoms with Crippen molar-refractivity contribution in [3.05, 3.63) is 54.1 Å². The summed E-state index contributed by atoms with van der Waals surface area (Å²) < 4.78 is 5.08. The zero-order valence-electron chi connectivity index (χ0n) is 12.2. The van der Waals surface area contributed by atoms with E-state index in [2.05, 4.69) is 5.32 Å². The molecule has 5 nitrogen and oxygen atoms in total. The number of carbonyl (C=O) groups excluding carboxylic acids is 1. The molecule has 0 spiro atoms. The molecule has 0 aromatic heterocycles. The first-order chi connectivity index (χ1) is 10.1. The fraction of sp³-hybridized carbons (Fsp3) is 0.188. The van der Waals surface area contributed by atoms with E-state index >= 15 is 0 Å². The van der Waals surface area contributed by atoms with Crippen LogP contribution in [0.4, 0.5) is 16.2 Å². The molecular formula is C16H19N3O2. The number of hydrogen-bond acceptors (Lipinski definition) is 3. The predicted molar refractivity (Wildman–Crippen MR) is 84.3 cm³/mol. The van der Waals surface area contributed by atoms with Gasteiger partial charge in [0.2, 0.25) is 0 Å².